The van der Waals surface area contributed by atoms with E-state index >= 15 is 0 Å². The fraction of sp³-hybridized carbons (Fsp3) is 0.400. The van der Waals surface area contributed by atoms with Crippen molar-refractivity contribution >= 4 is 23.4 Å². The zero-order valence-corrected chi connectivity index (χ0v) is 11.8. The van der Waals surface area contributed by atoms with Crippen LogP contribution in [-0.4, -0.2) is 28.6 Å². The minimum absolute atomic E-state index is 0.0487. The quantitative estimate of drug-likeness (QED) is 0.823. The van der Waals surface area contributed by atoms with Crippen LogP contribution in [0.4, 0.5) is 10.1 Å². The third kappa shape index (κ3) is 3.99. The molecule has 1 aromatic carbocycles. The highest BCUT2D eigenvalue weighted by Gasteiger charge is 2.22. The van der Waals surface area contributed by atoms with Gasteiger partial charge in [0.2, 0.25) is 5.91 Å². The van der Waals surface area contributed by atoms with E-state index in [1.807, 2.05) is 0 Å². The normalized spacial score (nSPS) is 18.0. The second-order valence-electron chi connectivity index (χ2n) is 4.49. The lowest BCUT2D eigenvalue weighted by atomic mass is 10.1. The zero-order chi connectivity index (χ0) is 14.4. The van der Waals surface area contributed by atoms with E-state index in [4.69, 9.17) is 5.11 Å². The van der Waals surface area contributed by atoms with E-state index in [-0.39, 0.29) is 17.8 Å². The second kappa shape index (κ2) is 7.32. The van der Waals surface area contributed by atoms with Crippen LogP contribution in [0.3, 0.4) is 0 Å². The van der Waals surface area contributed by atoms with Gasteiger partial charge >= 0.3 is 0 Å². The van der Waals surface area contributed by atoms with E-state index in [1.165, 1.54) is 18.2 Å². The van der Waals surface area contributed by atoms with Gasteiger partial charge in [-0.1, -0.05) is 18.3 Å². The highest BCUT2D eigenvalue weighted by molar-refractivity contribution is 8.00. The summed E-state index contributed by atoms with van der Waals surface area (Å²) >= 11 is 1.66. The maximum Gasteiger partial charge on any atom is 0.237 e. The van der Waals surface area contributed by atoms with Crippen LogP contribution in [0.1, 0.15) is 24.8 Å². The fourth-order valence-electron chi connectivity index (χ4n) is 2.02. The van der Waals surface area contributed by atoms with Crippen molar-refractivity contribution < 1.29 is 14.3 Å². The van der Waals surface area contributed by atoms with Crippen LogP contribution in [0, 0.1) is 17.7 Å². The molecule has 1 aliphatic heterocycles. The van der Waals surface area contributed by atoms with Gasteiger partial charge < -0.3 is 10.4 Å². The number of benzene rings is 1. The maximum absolute atomic E-state index is 13.2. The Balaban J connectivity index is 2.13. The Morgan fingerprint density at radius 1 is 1.50 bits per heavy atom. The molecule has 2 rings (SSSR count). The first-order valence-corrected chi connectivity index (χ1v) is 7.57. The molecule has 1 saturated heterocycles. The van der Waals surface area contributed by atoms with Crippen molar-refractivity contribution in [1.82, 2.24) is 0 Å². The summed E-state index contributed by atoms with van der Waals surface area (Å²) < 4.78 is 13.2. The SMILES string of the molecule is O=C(Nc1ccc(F)cc1C#CCO)C1CCCCS1. The molecule has 5 heteroatoms. The number of nitrogens with one attached hydrogen (secondary N) is 1. The Kier molecular flexibility index (Phi) is 5.45. The molecule has 1 unspecified atom stereocenters. The van der Waals surface area contributed by atoms with Crippen molar-refractivity contribution in [1.29, 1.82) is 0 Å². The largest absolute Gasteiger partial charge is 0.384 e. The Morgan fingerprint density at radius 2 is 2.35 bits per heavy atom. The monoisotopic (exact) mass is 293 g/mol. The standard InChI is InChI=1S/C15H16FNO2S/c16-12-6-7-13(11(10-12)4-3-8-18)17-15(19)14-5-1-2-9-20-14/h6-7,10,14,18H,1-2,5,8-9H2,(H,17,19). The summed E-state index contributed by atoms with van der Waals surface area (Å²) in [5.74, 6) is 5.64. The number of anilines is 1. The Morgan fingerprint density at radius 3 is 3.05 bits per heavy atom. The van der Waals surface area contributed by atoms with Crippen molar-refractivity contribution in [3.05, 3.63) is 29.6 Å². The molecular weight excluding hydrogens is 277 g/mol. The number of rotatable bonds is 2. The smallest absolute Gasteiger partial charge is 0.237 e. The van der Waals surface area contributed by atoms with Gasteiger partial charge in [-0.15, -0.1) is 11.8 Å². The molecule has 0 aliphatic carbocycles. The van der Waals surface area contributed by atoms with E-state index in [0.717, 1.165) is 25.0 Å². The minimum atomic E-state index is -0.419. The van der Waals surface area contributed by atoms with E-state index in [9.17, 15) is 9.18 Å². The predicted octanol–water partition coefficient (Wildman–Crippen LogP) is 2.39. The number of carbonyl (C=O) groups is 1. The number of halogens is 1. The zero-order valence-electron chi connectivity index (χ0n) is 11.0. The highest BCUT2D eigenvalue weighted by Crippen LogP contribution is 2.26. The van der Waals surface area contributed by atoms with Crippen LogP contribution in [0.25, 0.3) is 0 Å². The van der Waals surface area contributed by atoms with Gasteiger partial charge in [-0.2, -0.15) is 0 Å². The molecule has 2 N–H and O–H groups in total. The Labute approximate surface area is 122 Å². The first-order valence-electron chi connectivity index (χ1n) is 6.52. The molecule has 0 spiro atoms. The van der Waals surface area contributed by atoms with Crippen LogP contribution in [0.5, 0.6) is 0 Å². The summed E-state index contributed by atoms with van der Waals surface area (Å²) in [6.07, 6.45) is 3.08. The van der Waals surface area contributed by atoms with E-state index in [1.54, 1.807) is 11.8 Å². The van der Waals surface area contributed by atoms with Gasteiger partial charge in [0.1, 0.15) is 12.4 Å². The molecule has 1 heterocycles. The van der Waals surface area contributed by atoms with E-state index in [2.05, 4.69) is 17.2 Å². The lowest BCUT2D eigenvalue weighted by molar-refractivity contribution is -0.115. The molecule has 106 valence electrons. The average molecular weight is 293 g/mol. The van der Waals surface area contributed by atoms with Crippen molar-refractivity contribution in [3.63, 3.8) is 0 Å². The van der Waals surface area contributed by atoms with Crippen LogP contribution in [-0.2, 0) is 4.79 Å². The summed E-state index contributed by atoms with van der Waals surface area (Å²) in [7, 11) is 0. The third-order valence-corrected chi connectivity index (χ3v) is 4.39. The van der Waals surface area contributed by atoms with Crippen LogP contribution >= 0.6 is 11.8 Å². The van der Waals surface area contributed by atoms with Crippen LogP contribution < -0.4 is 5.32 Å². The number of carbonyl (C=O) groups excluding carboxylic acids is 1. The van der Waals surface area contributed by atoms with Gasteiger partial charge in [-0.25, -0.2) is 4.39 Å². The van der Waals surface area contributed by atoms with Gasteiger partial charge in [0.15, 0.2) is 0 Å². The van der Waals surface area contributed by atoms with Crippen molar-refractivity contribution in [3.8, 4) is 11.8 Å². The fourth-order valence-corrected chi connectivity index (χ4v) is 3.22. The molecule has 3 nitrogen and oxygen atoms in total. The molecule has 0 aromatic heterocycles. The highest BCUT2D eigenvalue weighted by atomic mass is 32.2. The van der Waals surface area contributed by atoms with Gasteiger partial charge in [-0.3, -0.25) is 4.79 Å². The van der Waals surface area contributed by atoms with Crippen molar-refractivity contribution in [2.75, 3.05) is 17.7 Å². The number of hydrogen-bond acceptors (Lipinski definition) is 3. The topological polar surface area (TPSA) is 49.3 Å². The number of aliphatic hydroxyl groups excluding tert-OH is 1. The maximum atomic E-state index is 13.2. The number of thioether (sulfide) groups is 1. The second-order valence-corrected chi connectivity index (χ2v) is 5.80. The first kappa shape index (κ1) is 14.9. The molecular formula is C15H16FNO2S. The number of hydrogen-bond donors (Lipinski definition) is 2. The van der Waals surface area contributed by atoms with Crippen molar-refractivity contribution in [2.45, 2.75) is 24.5 Å². The molecule has 1 aliphatic rings. The van der Waals surface area contributed by atoms with Crippen molar-refractivity contribution in [2.24, 2.45) is 0 Å². The van der Waals surface area contributed by atoms with E-state index in [0.29, 0.717) is 11.3 Å². The van der Waals surface area contributed by atoms with Gasteiger partial charge in [0.05, 0.1) is 16.5 Å². The van der Waals surface area contributed by atoms with Crippen LogP contribution in [0.2, 0.25) is 0 Å². The Hall–Kier alpha value is -1.51. The molecule has 1 atom stereocenters. The number of aliphatic hydroxyl groups is 1. The lowest BCUT2D eigenvalue weighted by Crippen LogP contribution is -2.27. The third-order valence-electron chi connectivity index (χ3n) is 3.01. The first-order chi connectivity index (χ1) is 9.70. The molecule has 0 radical (unpaired) electrons. The summed E-state index contributed by atoms with van der Waals surface area (Å²) in [5, 5.41) is 11.5. The molecule has 0 saturated carbocycles. The number of amides is 1. The molecule has 20 heavy (non-hydrogen) atoms. The average Bonchev–Trinajstić information content (AvgIpc) is 2.48. The molecule has 1 aromatic rings. The molecule has 0 bridgehead atoms. The molecule has 1 fully saturated rings. The van der Waals surface area contributed by atoms with Gasteiger partial charge in [0, 0.05) is 0 Å². The van der Waals surface area contributed by atoms with Crippen LogP contribution in [0.15, 0.2) is 18.2 Å². The Bertz CT molecular complexity index is 545. The summed E-state index contributed by atoms with van der Waals surface area (Å²) in [4.78, 5) is 12.2. The van der Waals surface area contributed by atoms with Gasteiger partial charge in [-0.05, 0) is 36.8 Å². The predicted molar refractivity (Wildman–Crippen MR) is 79.1 cm³/mol. The van der Waals surface area contributed by atoms with Gasteiger partial charge in [0.25, 0.3) is 0 Å². The summed E-state index contributed by atoms with van der Waals surface area (Å²) in [6.45, 7) is -0.303. The summed E-state index contributed by atoms with van der Waals surface area (Å²) in [6, 6.07) is 4.04. The lowest BCUT2D eigenvalue weighted by Gasteiger charge is -2.20. The summed E-state index contributed by atoms with van der Waals surface area (Å²) in [5.41, 5.74) is 0.872. The minimum Gasteiger partial charge on any atom is -0.384 e. The molecule has 1 amide bonds. The van der Waals surface area contributed by atoms with E-state index < -0.39 is 5.82 Å².